The summed E-state index contributed by atoms with van der Waals surface area (Å²) < 4.78 is 12.8. The van der Waals surface area contributed by atoms with E-state index in [9.17, 15) is 0 Å². The van der Waals surface area contributed by atoms with E-state index >= 15 is 0 Å². The van der Waals surface area contributed by atoms with E-state index in [4.69, 9.17) is 9.47 Å². The van der Waals surface area contributed by atoms with Crippen molar-refractivity contribution in [2.75, 3.05) is 26.9 Å². The topological polar surface area (TPSA) is 23.4 Å². The summed E-state index contributed by atoms with van der Waals surface area (Å²) in [5.41, 5.74) is 2.58. The van der Waals surface area contributed by atoms with Gasteiger partial charge in [0.25, 0.3) is 0 Å². The first-order valence-electron chi connectivity index (χ1n) is 6.43. The van der Waals surface area contributed by atoms with Gasteiger partial charge >= 0.3 is 0 Å². The van der Waals surface area contributed by atoms with Crippen LogP contribution in [0, 0.1) is 6.92 Å². The van der Waals surface area contributed by atoms with Crippen LogP contribution in [-0.2, 0) is 16.0 Å². The fraction of sp³-hybridized carbons (Fsp3) is 0.467. The Kier molecular flexibility index (Phi) is 4.79. The van der Waals surface area contributed by atoms with Gasteiger partial charge in [-0.05, 0) is 36.9 Å². The van der Waals surface area contributed by atoms with Gasteiger partial charge in [-0.3, -0.25) is 0 Å². The number of fused-ring (bicyclic) bond motifs is 1. The molecule has 1 aromatic heterocycles. The number of benzene rings is 1. The van der Waals surface area contributed by atoms with Crippen molar-refractivity contribution in [3.8, 4) is 0 Å². The van der Waals surface area contributed by atoms with Gasteiger partial charge in [0.15, 0.2) is 0 Å². The molecule has 0 saturated heterocycles. The lowest BCUT2D eigenvalue weighted by molar-refractivity contribution is 0.0982. The minimum Gasteiger partial charge on any atom is -0.385 e. The Hall–Kier alpha value is -1.32. The minimum absolute atomic E-state index is 0.751. The highest BCUT2D eigenvalue weighted by atomic mass is 16.5. The van der Waals surface area contributed by atoms with Gasteiger partial charge in [-0.2, -0.15) is 0 Å². The van der Waals surface area contributed by atoms with E-state index in [-0.39, 0.29) is 0 Å². The van der Waals surface area contributed by atoms with Crippen molar-refractivity contribution in [2.24, 2.45) is 0 Å². The summed E-state index contributed by atoms with van der Waals surface area (Å²) in [5, 5.41) is 1.30. The summed E-state index contributed by atoms with van der Waals surface area (Å²) in [6, 6.07) is 8.70. The van der Waals surface area contributed by atoms with Gasteiger partial charge in [0.1, 0.15) is 0 Å². The second kappa shape index (κ2) is 6.57. The lowest BCUT2D eigenvalue weighted by atomic mass is 10.2. The first-order valence-corrected chi connectivity index (χ1v) is 6.43. The number of nitrogens with zero attached hydrogens (tertiary/aromatic N) is 1. The number of methoxy groups -OCH3 is 1. The first kappa shape index (κ1) is 13.1. The van der Waals surface area contributed by atoms with Gasteiger partial charge < -0.3 is 14.0 Å². The molecule has 0 amide bonds. The molecular weight excluding hydrogens is 226 g/mol. The van der Waals surface area contributed by atoms with Gasteiger partial charge in [-0.1, -0.05) is 11.6 Å². The molecule has 3 nitrogen and oxygen atoms in total. The third-order valence-electron chi connectivity index (χ3n) is 3.04. The largest absolute Gasteiger partial charge is 0.385 e. The summed E-state index contributed by atoms with van der Waals surface area (Å²) in [5.74, 6) is 0. The molecule has 0 spiro atoms. The van der Waals surface area contributed by atoms with Crippen LogP contribution in [0.25, 0.3) is 10.9 Å². The molecule has 2 rings (SSSR count). The molecule has 0 atom stereocenters. The molecule has 98 valence electrons. The average Bonchev–Trinajstić information content (AvgIpc) is 2.76. The van der Waals surface area contributed by atoms with Crippen molar-refractivity contribution in [1.29, 1.82) is 0 Å². The van der Waals surface area contributed by atoms with Gasteiger partial charge in [0, 0.05) is 38.6 Å². The Bertz CT molecular complexity index is 490. The Balaban J connectivity index is 1.84. The molecule has 1 aromatic carbocycles. The lowest BCUT2D eigenvalue weighted by Crippen LogP contribution is -2.07. The SMILES string of the molecule is COCCCOCCn1ccc2cc(C)ccc21. The van der Waals surface area contributed by atoms with Crippen LogP contribution in [0.1, 0.15) is 12.0 Å². The number of hydrogen-bond donors (Lipinski definition) is 0. The highest BCUT2D eigenvalue weighted by molar-refractivity contribution is 5.80. The molecule has 0 aliphatic rings. The third-order valence-corrected chi connectivity index (χ3v) is 3.04. The molecule has 0 N–H and O–H groups in total. The van der Waals surface area contributed by atoms with Crippen LogP contribution in [0.15, 0.2) is 30.5 Å². The van der Waals surface area contributed by atoms with Crippen LogP contribution < -0.4 is 0 Å². The summed E-state index contributed by atoms with van der Waals surface area (Å²) >= 11 is 0. The fourth-order valence-corrected chi connectivity index (χ4v) is 2.08. The van der Waals surface area contributed by atoms with E-state index < -0.39 is 0 Å². The maximum Gasteiger partial charge on any atom is 0.0645 e. The Morgan fingerprint density at radius 1 is 1.11 bits per heavy atom. The molecule has 0 aliphatic carbocycles. The zero-order valence-electron chi connectivity index (χ0n) is 11.2. The van der Waals surface area contributed by atoms with E-state index in [1.807, 2.05) is 0 Å². The van der Waals surface area contributed by atoms with Crippen molar-refractivity contribution in [2.45, 2.75) is 19.9 Å². The standard InChI is InChI=1S/C15H21NO2/c1-13-4-5-15-14(12-13)6-7-16(15)8-11-18-10-3-9-17-2/h4-7,12H,3,8-11H2,1-2H3. The second-order valence-corrected chi connectivity index (χ2v) is 4.53. The van der Waals surface area contributed by atoms with Gasteiger partial charge in [0.05, 0.1) is 6.61 Å². The van der Waals surface area contributed by atoms with Crippen LogP contribution in [0.3, 0.4) is 0 Å². The van der Waals surface area contributed by atoms with Gasteiger partial charge in [0.2, 0.25) is 0 Å². The van der Waals surface area contributed by atoms with Gasteiger partial charge in [-0.25, -0.2) is 0 Å². The number of aromatic nitrogens is 1. The molecule has 1 heterocycles. The smallest absolute Gasteiger partial charge is 0.0645 e. The summed E-state index contributed by atoms with van der Waals surface area (Å²) in [4.78, 5) is 0. The summed E-state index contributed by atoms with van der Waals surface area (Å²) in [6.07, 6.45) is 3.09. The molecule has 0 radical (unpaired) electrons. The number of aryl methyl sites for hydroxylation is 1. The third kappa shape index (κ3) is 3.34. The molecule has 0 bridgehead atoms. The van der Waals surface area contributed by atoms with Crippen molar-refractivity contribution in [1.82, 2.24) is 4.57 Å². The normalized spacial score (nSPS) is 11.2. The molecular formula is C15H21NO2. The predicted molar refractivity (Wildman–Crippen MR) is 74.0 cm³/mol. The Labute approximate surface area is 108 Å². The number of hydrogen-bond acceptors (Lipinski definition) is 2. The Morgan fingerprint density at radius 3 is 2.83 bits per heavy atom. The maximum absolute atomic E-state index is 5.58. The van der Waals surface area contributed by atoms with E-state index in [2.05, 4.69) is 42.0 Å². The van der Waals surface area contributed by atoms with Crippen molar-refractivity contribution >= 4 is 10.9 Å². The molecule has 2 aromatic rings. The van der Waals surface area contributed by atoms with Crippen LogP contribution in [0.4, 0.5) is 0 Å². The molecule has 0 aliphatic heterocycles. The molecule has 0 fully saturated rings. The van der Waals surface area contributed by atoms with Crippen molar-refractivity contribution < 1.29 is 9.47 Å². The van der Waals surface area contributed by atoms with Crippen LogP contribution >= 0.6 is 0 Å². The van der Waals surface area contributed by atoms with Crippen molar-refractivity contribution in [3.63, 3.8) is 0 Å². The number of ether oxygens (including phenoxy) is 2. The van der Waals surface area contributed by atoms with Crippen molar-refractivity contribution in [3.05, 3.63) is 36.0 Å². The van der Waals surface area contributed by atoms with Crippen LogP contribution in [0.5, 0.6) is 0 Å². The van der Waals surface area contributed by atoms with E-state index in [1.165, 1.54) is 16.5 Å². The molecule has 3 heteroatoms. The zero-order chi connectivity index (χ0) is 12.8. The van der Waals surface area contributed by atoms with Crippen LogP contribution in [-0.4, -0.2) is 31.5 Å². The fourth-order valence-electron chi connectivity index (χ4n) is 2.08. The summed E-state index contributed by atoms with van der Waals surface area (Å²) in [7, 11) is 1.72. The van der Waals surface area contributed by atoms with E-state index in [0.29, 0.717) is 0 Å². The monoisotopic (exact) mass is 247 g/mol. The Morgan fingerprint density at radius 2 is 2.00 bits per heavy atom. The summed E-state index contributed by atoms with van der Waals surface area (Å²) in [6.45, 7) is 5.31. The van der Waals surface area contributed by atoms with Gasteiger partial charge in [-0.15, -0.1) is 0 Å². The highest BCUT2D eigenvalue weighted by Gasteiger charge is 2.00. The highest BCUT2D eigenvalue weighted by Crippen LogP contribution is 2.17. The second-order valence-electron chi connectivity index (χ2n) is 4.53. The molecule has 18 heavy (non-hydrogen) atoms. The average molecular weight is 247 g/mol. The molecule has 0 saturated carbocycles. The maximum atomic E-state index is 5.58. The lowest BCUT2D eigenvalue weighted by Gasteiger charge is -2.07. The van der Waals surface area contributed by atoms with E-state index in [0.717, 1.165) is 32.8 Å². The predicted octanol–water partition coefficient (Wildman–Crippen LogP) is 3.00. The quantitative estimate of drug-likeness (QED) is 0.702. The first-order chi connectivity index (χ1) is 8.81. The zero-order valence-corrected chi connectivity index (χ0v) is 11.2. The minimum atomic E-state index is 0.751. The number of rotatable bonds is 7. The molecule has 0 unspecified atom stereocenters. The van der Waals surface area contributed by atoms with E-state index in [1.54, 1.807) is 7.11 Å². The van der Waals surface area contributed by atoms with Crippen LogP contribution in [0.2, 0.25) is 0 Å².